The molecule has 5 nitrogen and oxygen atoms in total. The minimum atomic E-state index is -0.305. The molecule has 6 heteroatoms. The summed E-state index contributed by atoms with van der Waals surface area (Å²) in [7, 11) is 0. The smallest absolute Gasteiger partial charge is 0.262 e. The normalized spacial score (nSPS) is 22.7. The van der Waals surface area contributed by atoms with E-state index >= 15 is 0 Å². The van der Waals surface area contributed by atoms with E-state index < -0.39 is 0 Å². The van der Waals surface area contributed by atoms with Crippen molar-refractivity contribution in [1.29, 1.82) is 0 Å². The predicted octanol–water partition coefficient (Wildman–Crippen LogP) is -0.802. The molecule has 4 N–H and O–H groups in total. The van der Waals surface area contributed by atoms with Crippen molar-refractivity contribution in [3.8, 4) is 0 Å². The number of hydrogen-bond donors (Lipinski definition) is 4. The molecule has 1 heterocycles. The van der Waals surface area contributed by atoms with E-state index in [0.29, 0.717) is 11.0 Å². The largest absolute Gasteiger partial charge is 0.395 e. The van der Waals surface area contributed by atoms with Crippen LogP contribution in [0, 0.1) is 0 Å². The Morgan fingerprint density at radius 3 is 2.85 bits per heavy atom. The molecule has 0 saturated carbocycles. The van der Waals surface area contributed by atoms with Crippen molar-refractivity contribution < 1.29 is 9.90 Å². The molecule has 1 aliphatic rings. The average Bonchev–Trinajstić information content (AvgIpc) is 2.10. The first kappa shape index (κ1) is 10.5. The van der Waals surface area contributed by atoms with Crippen molar-refractivity contribution in [2.45, 2.75) is 13.2 Å². The van der Waals surface area contributed by atoms with Gasteiger partial charge in [0, 0.05) is 12.2 Å². The molecule has 1 atom stereocenters. The van der Waals surface area contributed by atoms with Gasteiger partial charge in [-0.15, -0.1) is 0 Å². The molecule has 1 unspecified atom stereocenters. The molecule has 1 aliphatic heterocycles. The first-order chi connectivity index (χ1) is 6.15. The zero-order chi connectivity index (χ0) is 9.84. The van der Waals surface area contributed by atoms with Crippen molar-refractivity contribution >= 4 is 21.8 Å². The maximum absolute atomic E-state index is 11.2. The van der Waals surface area contributed by atoms with E-state index in [0.717, 1.165) is 5.70 Å². The Labute approximate surface area is 84.7 Å². The minimum Gasteiger partial charge on any atom is -0.395 e. The maximum Gasteiger partial charge on any atom is 0.262 e. The molecule has 0 radical (unpaired) electrons. The molecule has 1 amide bonds. The van der Waals surface area contributed by atoms with E-state index in [4.69, 9.17) is 5.11 Å². The highest BCUT2D eigenvalue weighted by Gasteiger charge is 2.21. The van der Waals surface area contributed by atoms with Crippen LogP contribution >= 0.6 is 15.9 Å². The van der Waals surface area contributed by atoms with Crippen LogP contribution in [0.5, 0.6) is 0 Å². The van der Waals surface area contributed by atoms with Gasteiger partial charge in [-0.1, -0.05) is 0 Å². The van der Waals surface area contributed by atoms with Gasteiger partial charge in [0.2, 0.25) is 0 Å². The van der Waals surface area contributed by atoms with Crippen LogP contribution in [0.15, 0.2) is 10.2 Å². The van der Waals surface area contributed by atoms with Crippen LogP contribution in [-0.2, 0) is 4.79 Å². The summed E-state index contributed by atoms with van der Waals surface area (Å²) in [5.41, 5.74) is 0.777. The number of hydrogen-bond acceptors (Lipinski definition) is 4. The summed E-state index contributed by atoms with van der Waals surface area (Å²) in [4.78, 5) is 11.2. The van der Waals surface area contributed by atoms with Crippen LogP contribution in [0.2, 0.25) is 0 Å². The van der Waals surface area contributed by atoms with Crippen molar-refractivity contribution in [2.24, 2.45) is 0 Å². The van der Waals surface area contributed by atoms with Gasteiger partial charge in [-0.05, 0) is 22.9 Å². The summed E-state index contributed by atoms with van der Waals surface area (Å²) < 4.78 is 0.509. The fraction of sp³-hybridized carbons (Fsp3) is 0.571. The number of carbonyl (C=O) groups is 1. The minimum absolute atomic E-state index is 0.0397. The predicted molar refractivity (Wildman–Crippen MR) is 51.8 cm³/mol. The summed E-state index contributed by atoms with van der Waals surface area (Å²) in [6.07, 6.45) is -0.305. The van der Waals surface area contributed by atoms with Gasteiger partial charge >= 0.3 is 0 Å². The lowest BCUT2D eigenvalue weighted by molar-refractivity contribution is -0.118. The molecular formula is C7H12BrN3O2. The lowest BCUT2D eigenvalue weighted by Crippen LogP contribution is -2.57. The first-order valence-corrected chi connectivity index (χ1v) is 4.72. The Kier molecular flexibility index (Phi) is 3.71. The van der Waals surface area contributed by atoms with Crippen molar-refractivity contribution in [2.75, 3.05) is 13.2 Å². The van der Waals surface area contributed by atoms with E-state index in [1.54, 1.807) is 6.92 Å². The van der Waals surface area contributed by atoms with E-state index in [2.05, 4.69) is 31.9 Å². The number of carbonyl (C=O) groups excluding carboxylic acids is 1. The molecule has 0 aromatic carbocycles. The number of amides is 1. The third-order valence-corrected chi connectivity index (χ3v) is 2.58. The summed E-state index contributed by atoms with van der Waals surface area (Å²) in [5.74, 6) is -0.160. The third-order valence-electron chi connectivity index (χ3n) is 1.63. The van der Waals surface area contributed by atoms with Gasteiger partial charge in [0.1, 0.15) is 4.48 Å². The zero-order valence-corrected chi connectivity index (χ0v) is 8.81. The van der Waals surface area contributed by atoms with Gasteiger partial charge in [-0.25, -0.2) is 0 Å². The molecule has 0 aromatic rings. The van der Waals surface area contributed by atoms with E-state index in [1.165, 1.54) is 0 Å². The molecular weight excluding hydrogens is 238 g/mol. The van der Waals surface area contributed by atoms with Gasteiger partial charge in [0.05, 0.1) is 6.61 Å². The lowest BCUT2D eigenvalue weighted by atomic mass is 10.3. The first-order valence-electron chi connectivity index (χ1n) is 3.93. The number of aliphatic hydroxyl groups excluding tert-OH is 1. The molecule has 13 heavy (non-hydrogen) atoms. The second-order valence-corrected chi connectivity index (χ2v) is 3.46. The lowest BCUT2D eigenvalue weighted by Gasteiger charge is -2.27. The highest BCUT2D eigenvalue weighted by Crippen LogP contribution is 2.12. The highest BCUT2D eigenvalue weighted by atomic mass is 79.9. The topological polar surface area (TPSA) is 73.4 Å². The summed E-state index contributed by atoms with van der Waals surface area (Å²) in [6.45, 7) is 2.28. The van der Waals surface area contributed by atoms with Crippen LogP contribution in [-0.4, -0.2) is 30.5 Å². The van der Waals surface area contributed by atoms with Crippen LogP contribution in [0.4, 0.5) is 0 Å². The molecule has 0 saturated heterocycles. The number of rotatable bonds is 3. The molecule has 0 aromatic heterocycles. The Morgan fingerprint density at radius 1 is 1.62 bits per heavy atom. The standard InChI is InChI=1S/C7H12BrN3O2/c1-4-5(8)6(13)11-7(10-4)9-2-3-12/h7,9-10,12H,2-3H2,1H3,(H,11,13). The van der Waals surface area contributed by atoms with Gasteiger partial charge in [0.15, 0.2) is 6.29 Å². The summed E-state index contributed by atoms with van der Waals surface area (Å²) >= 11 is 3.14. The van der Waals surface area contributed by atoms with E-state index in [-0.39, 0.29) is 18.8 Å². The monoisotopic (exact) mass is 249 g/mol. The maximum atomic E-state index is 11.2. The average molecular weight is 250 g/mol. The molecule has 0 fully saturated rings. The fourth-order valence-corrected chi connectivity index (χ4v) is 1.22. The van der Waals surface area contributed by atoms with Crippen LogP contribution in [0.25, 0.3) is 0 Å². The van der Waals surface area contributed by atoms with Crippen molar-refractivity contribution in [3.63, 3.8) is 0 Å². The van der Waals surface area contributed by atoms with Gasteiger partial charge in [-0.3, -0.25) is 10.1 Å². The van der Waals surface area contributed by atoms with E-state index in [1.807, 2.05) is 0 Å². The second-order valence-electron chi connectivity index (χ2n) is 2.67. The number of aliphatic hydroxyl groups is 1. The highest BCUT2D eigenvalue weighted by molar-refractivity contribution is 9.12. The Bertz CT molecular complexity index is 242. The Morgan fingerprint density at radius 2 is 2.31 bits per heavy atom. The number of nitrogens with one attached hydrogen (secondary N) is 3. The molecule has 0 bridgehead atoms. The van der Waals surface area contributed by atoms with E-state index in [9.17, 15) is 4.79 Å². The number of halogens is 1. The van der Waals surface area contributed by atoms with Crippen LogP contribution in [0.3, 0.4) is 0 Å². The van der Waals surface area contributed by atoms with Gasteiger partial charge in [-0.2, -0.15) is 0 Å². The Balaban J connectivity index is 2.53. The number of allylic oxidation sites excluding steroid dienone is 1. The van der Waals surface area contributed by atoms with Crippen LogP contribution in [0.1, 0.15) is 6.92 Å². The Hall–Kier alpha value is -0.590. The van der Waals surface area contributed by atoms with Gasteiger partial charge < -0.3 is 15.7 Å². The fourth-order valence-electron chi connectivity index (χ4n) is 0.992. The molecule has 0 spiro atoms. The van der Waals surface area contributed by atoms with Crippen LogP contribution < -0.4 is 16.0 Å². The summed E-state index contributed by atoms with van der Waals surface area (Å²) in [6, 6.07) is 0. The quantitative estimate of drug-likeness (QED) is 0.529. The summed E-state index contributed by atoms with van der Waals surface area (Å²) in [5, 5.41) is 17.1. The van der Waals surface area contributed by atoms with Crippen molar-refractivity contribution in [3.05, 3.63) is 10.2 Å². The molecule has 1 rings (SSSR count). The third kappa shape index (κ3) is 2.68. The molecule has 74 valence electrons. The van der Waals surface area contributed by atoms with Gasteiger partial charge in [0.25, 0.3) is 5.91 Å². The zero-order valence-electron chi connectivity index (χ0n) is 7.22. The second kappa shape index (κ2) is 4.59. The van der Waals surface area contributed by atoms with Crippen molar-refractivity contribution in [1.82, 2.24) is 16.0 Å². The SMILES string of the molecule is CC1=C(Br)C(=O)NC(NCCO)N1. The molecule has 0 aliphatic carbocycles.